The fourth-order valence-corrected chi connectivity index (χ4v) is 3.70. The van der Waals surface area contributed by atoms with Crippen LogP contribution in [0.3, 0.4) is 0 Å². The molecule has 0 saturated carbocycles. The highest BCUT2D eigenvalue weighted by Gasteiger charge is 2.21. The monoisotopic (exact) mass is 473 g/mol. The van der Waals surface area contributed by atoms with E-state index in [2.05, 4.69) is 41.0 Å². The molecule has 178 valence electrons. The van der Waals surface area contributed by atoms with Crippen molar-refractivity contribution in [3.05, 3.63) is 59.7 Å². The molecule has 0 unspecified atom stereocenters. The number of pyridine rings is 1. The Morgan fingerprint density at radius 2 is 2.06 bits per heavy atom. The van der Waals surface area contributed by atoms with Crippen LogP contribution in [0.1, 0.15) is 21.6 Å². The van der Waals surface area contributed by atoms with Crippen molar-refractivity contribution in [2.45, 2.75) is 13.2 Å². The largest absolute Gasteiger partial charge is 0.494 e. The number of amides is 1. The molecule has 12 nitrogen and oxygen atoms in total. The van der Waals surface area contributed by atoms with Gasteiger partial charge in [-0.05, 0) is 29.8 Å². The number of nitrogens with one attached hydrogen (secondary N) is 3. The van der Waals surface area contributed by atoms with Crippen LogP contribution in [0.25, 0.3) is 11.4 Å². The number of hydrogen-bond acceptors (Lipinski definition) is 10. The molecule has 0 fully saturated rings. The van der Waals surface area contributed by atoms with Crippen molar-refractivity contribution in [2.24, 2.45) is 7.05 Å². The summed E-state index contributed by atoms with van der Waals surface area (Å²) in [5.74, 6) is 1.75. The molecule has 3 N–H and O–H groups in total. The second-order valence-corrected chi connectivity index (χ2v) is 7.76. The predicted octanol–water partition coefficient (Wildman–Crippen LogP) is 2.55. The summed E-state index contributed by atoms with van der Waals surface area (Å²) in [7, 11) is 4.90. The summed E-state index contributed by atoms with van der Waals surface area (Å²) in [6.45, 7) is 0.609. The summed E-state index contributed by atoms with van der Waals surface area (Å²) in [6.07, 6.45) is 3.06. The minimum Gasteiger partial charge on any atom is -0.494 e. The highest BCUT2D eigenvalue weighted by atomic mass is 16.5. The minimum absolute atomic E-state index is 0.257. The zero-order valence-corrected chi connectivity index (χ0v) is 19.4. The van der Waals surface area contributed by atoms with E-state index in [-0.39, 0.29) is 23.2 Å². The third-order valence-corrected chi connectivity index (χ3v) is 5.27. The van der Waals surface area contributed by atoms with Crippen LogP contribution >= 0.6 is 0 Å². The Hall–Kier alpha value is -4.58. The molecular weight excluding hydrogens is 450 g/mol. The van der Waals surface area contributed by atoms with Crippen molar-refractivity contribution in [2.75, 3.05) is 24.8 Å². The molecule has 0 spiro atoms. The molecule has 1 aromatic carbocycles. The standard InChI is InChI=1S/C23H23N9O3/c1-24-22(33)16-9-25-23-29-18-6-4-5-14(27-18)11-35-10-13-7-15(20-26-12-32(2)31-20)19(34-3)17(8-13)28-21(16)30-23/h4-9,12H,10-11H2,1-3H3,(H,24,33)(H2,25,27,28,29,30). The van der Waals surface area contributed by atoms with Crippen molar-refractivity contribution in [1.82, 2.24) is 35.0 Å². The fourth-order valence-electron chi connectivity index (χ4n) is 3.70. The van der Waals surface area contributed by atoms with E-state index in [0.29, 0.717) is 41.9 Å². The molecule has 4 heterocycles. The maximum Gasteiger partial charge on any atom is 0.256 e. The van der Waals surface area contributed by atoms with Crippen LogP contribution in [0.4, 0.5) is 23.3 Å². The lowest BCUT2D eigenvalue weighted by Crippen LogP contribution is -2.20. The molecular formula is C23H23N9O3. The average Bonchev–Trinajstić information content (AvgIpc) is 3.29. The number of benzene rings is 1. The first-order valence-corrected chi connectivity index (χ1v) is 10.8. The van der Waals surface area contributed by atoms with Crippen LogP contribution in [0.15, 0.2) is 42.9 Å². The van der Waals surface area contributed by atoms with Crippen LogP contribution in [0.5, 0.6) is 5.75 Å². The average molecular weight is 473 g/mol. The summed E-state index contributed by atoms with van der Waals surface area (Å²) >= 11 is 0. The number of carbonyl (C=O) groups is 1. The lowest BCUT2D eigenvalue weighted by atomic mass is 10.1. The maximum absolute atomic E-state index is 12.6. The molecule has 6 bridgehead atoms. The molecule has 0 saturated heterocycles. The summed E-state index contributed by atoms with van der Waals surface area (Å²) in [5.41, 5.74) is 3.08. The van der Waals surface area contributed by atoms with Gasteiger partial charge in [0.05, 0.1) is 37.3 Å². The number of carbonyl (C=O) groups excluding carboxylic acids is 1. The number of ether oxygens (including phenoxy) is 2. The first kappa shape index (κ1) is 22.2. The van der Waals surface area contributed by atoms with Crippen molar-refractivity contribution >= 4 is 29.2 Å². The Morgan fingerprint density at radius 1 is 1.17 bits per heavy atom. The lowest BCUT2D eigenvalue weighted by Gasteiger charge is -2.18. The number of anilines is 4. The lowest BCUT2D eigenvalue weighted by molar-refractivity contribution is 0.0963. The van der Waals surface area contributed by atoms with Gasteiger partial charge in [0.25, 0.3) is 5.91 Å². The molecule has 1 amide bonds. The van der Waals surface area contributed by atoms with Crippen LogP contribution in [-0.2, 0) is 25.0 Å². The Balaban J connectivity index is 1.69. The van der Waals surface area contributed by atoms with Crippen molar-refractivity contribution in [1.29, 1.82) is 0 Å². The van der Waals surface area contributed by atoms with Gasteiger partial charge in [0.1, 0.15) is 23.5 Å². The van der Waals surface area contributed by atoms with E-state index in [1.165, 1.54) is 6.20 Å². The molecule has 4 aromatic rings. The van der Waals surface area contributed by atoms with E-state index in [1.54, 1.807) is 38.3 Å². The molecule has 5 rings (SSSR count). The van der Waals surface area contributed by atoms with Gasteiger partial charge in [-0.25, -0.2) is 15.0 Å². The highest BCUT2D eigenvalue weighted by Crippen LogP contribution is 2.38. The number of nitrogens with zero attached hydrogens (tertiary/aromatic N) is 6. The quantitative estimate of drug-likeness (QED) is 0.406. The summed E-state index contributed by atoms with van der Waals surface area (Å²) in [5, 5.41) is 13.4. The fraction of sp³-hybridized carbons (Fsp3) is 0.217. The Morgan fingerprint density at radius 3 is 2.83 bits per heavy atom. The third-order valence-electron chi connectivity index (χ3n) is 5.27. The number of aryl methyl sites for hydroxylation is 1. The van der Waals surface area contributed by atoms with E-state index in [1.807, 2.05) is 24.3 Å². The van der Waals surface area contributed by atoms with Gasteiger partial charge in [0.15, 0.2) is 11.6 Å². The molecule has 0 aliphatic carbocycles. The first-order chi connectivity index (χ1) is 17.0. The van der Waals surface area contributed by atoms with Crippen LogP contribution in [0, 0.1) is 0 Å². The van der Waals surface area contributed by atoms with Gasteiger partial charge in [0.2, 0.25) is 5.95 Å². The first-order valence-electron chi connectivity index (χ1n) is 10.8. The smallest absolute Gasteiger partial charge is 0.256 e. The third kappa shape index (κ3) is 4.59. The van der Waals surface area contributed by atoms with Gasteiger partial charge in [-0.15, -0.1) is 0 Å². The normalized spacial score (nSPS) is 12.7. The second-order valence-electron chi connectivity index (χ2n) is 7.76. The number of aromatic nitrogens is 6. The van der Waals surface area contributed by atoms with E-state index in [0.717, 1.165) is 11.3 Å². The van der Waals surface area contributed by atoms with Gasteiger partial charge >= 0.3 is 0 Å². The van der Waals surface area contributed by atoms with E-state index >= 15 is 0 Å². The molecule has 3 aromatic heterocycles. The van der Waals surface area contributed by atoms with Crippen molar-refractivity contribution in [3.63, 3.8) is 0 Å². The molecule has 1 aliphatic rings. The molecule has 1 aliphatic heterocycles. The zero-order valence-electron chi connectivity index (χ0n) is 19.4. The van der Waals surface area contributed by atoms with Gasteiger partial charge < -0.3 is 25.4 Å². The number of methoxy groups -OCH3 is 1. The summed E-state index contributed by atoms with van der Waals surface area (Å²) in [4.78, 5) is 30.4. The number of hydrogen-bond donors (Lipinski definition) is 3. The highest BCUT2D eigenvalue weighted by molar-refractivity contribution is 5.99. The second kappa shape index (κ2) is 9.35. The van der Waals surface area contributed by atoms with E-state index in [4.69, 9.17) is 9.47 Å². The summed E-state index contributed by atoms with van der Waals surface area (Å²) in [6, 6.07) is 9.35. The van der Waals surface area contributed by atoms with Gasteiger partial charge in [0, 0.05) is 20.3 Å². The number of fused-ring (bicyclic) bond motifs is 6. The van der Waals surface area contributed by atoms with Crippen LogP contribution in [-0.4, -0.2) is 49.8 Å². The van der Waals surface area contributed by atoms with Crippen molar-refractivity contribution in [3.8, 4) is 17.1 Å². The predicted molar refractivity (Wildman–Crippen MR) is 128 cm³/mol. The Kier molecular flexibility index (Phi) is 5.94. The molecule has 12 heteroatoms. The zero-order chi connectivity index (χ0) is 24.4. The van der Waals surface area contributed by atoms with Gasteiger partial charge in [-0.1, -0.05) is 6.07 Å². The van der Waals surface area contributed by atoms with Crippen molar-refractivity contribution < 1.29 is 14.3 Å². The Labute approximate surface area is 200 Å². The summed E-state index contributed by atoms with van der Waals surface area (Å²) < 4.78 is 13.3. The van der Waals surface area contributed by atoms with Gasteiger partial charge in [-0.2, -0.15) is 10.1 Å². The van der Waals surface area contributed by atoms with Crippen LogP contribution in [0.2, 0.25) is 0 Å². The minimum atomic E-state index is -0.342. The Bertz CT molecular complexity index is 1400. The van der Waals surface area contributed by atoms with Gasteiger partial charge in [-0.3, -0.25) is 9.48 Å². The van der Waals surface area contributed by atoms with E-state index < -0.39 is 0 Å². The van der Waals surface area contributed by atoms with E-state index in [9.17, 15) is 4.79 Å². The molecule has 35 heavy (non-hydrogen) atoms. The number of rotatable bonds is 3. The maximum atomic E-state index is 12.6. The topological polar surface area (TPSA) is 141 Å². The van der Waals surface area contributed by atoms with Crippen LogP contribution < -0.4 is 20.7 Å². The molecule has 0 radical (unpaired) electrons. The SMILES string of the molecule is CNC(=O)c1cnc2nc1Nc1cc(cc(-c3ncn(C)n3)c1OC)COCc1cccc(n1)N2. The molecule has 0 atom stereocenters.